The van der Waals surface area contributed by atoms with Crippen LogP contribution >= 0.6 is 0 Å². The number of halogens is 3. The first kappa shape index (κ1) is 19.3. The van der Waals surface area contributed by atoms with Gasteiger partial charge in [0.1, 0.15) is 5.69 Å². The summed E-state index contributed by atoms with van der Waals surface area (Å²) in [6.07, 6.45) is -3.25. The highest BCUT2D eigenvalue weighted by atomic mass is 19.4. The van der Waals surface area contributed by atoms with Gasteiger partial charge in [0, 0.05) is 12.3 Å². The number of rotatable bonds is 4. The predicted octanol–water partition coefficient (Wildman–Crippen LogP) is 3.00. The van der Waals surface area contributed by atoms with Crippen LogP contribution in [0.5, 0.6) is 5.88 Å². The number of fused-ring (bicyclic) bond motifs is 1. The number of aromatic nitrogens is 5. The van der Waals surface area contributed by atoms with Crippen molar-refractivity contribution in [3.63, 3.8) is 0 Å². The van der Waals surface area contributed by atoms with Crippen molar-refractivity contribution in [2.45, 2.75) is 6.18 Å². The van der Waals surface area contributed by atoms with Crippen LogP contribution in [-0.4, -0.2) is 37.7 Å². The minimum atomic E-state index is -4.51. The second-order valence-corrected chi connectivity index (χ2v) is 6.20. The van der Waals surface area contributed by atoms with Crippen LogP contribution in [0.1, 0.15) is 15.9 Å². The Morgan fingerprint density at radius 1 is 1.10 bits per heavy atom. The zero-order chi connectivity index (χ0) is 21.5. The van der Waals surface area contributed by atoms with Gasteiger partial charge in [-0.2, -0.15) is 13.2 Å². The molecule has 152 valence electrons. The van der Waals surface area contributed by atoms with E-state index in [0.29, 0.717) is 17.0 Å². The maximum absolute atomic E-state index is 13.1. The van der Waals surface area contributed by atoms with Gasteiger partial charge in [-0.3, -0.25) is 14.3 Å². The number of nitrogens with zero attached hydrogens (tertiary/aromatic N) is 5. The molecule has 0 bridgehead atoms. The number of benzene rings is 1. The molecule has 3 aromatic heterocycles. The number of hydrogen-bond donors (Lipinski definition) is 1. The minimum Gasteiger partial charge on any atom is -0.480 e. The van der Waals surface area contributed by atoms with E-state index in [9.17, 15) is 18.0 Å². The number of methoxy groups -OCH3 is 1. The Morgan fingerprint density at radius 3 is 2.47 bits per heavy atom. The predicted molar refractivity (Wildman–Crippen MR) is 100.0 cm³/mol. The van der Waals surface area contributed by atoms with Crippen molar-refractivity contribution in [1.29, 1.82) is 0 Å². The highest BCUT2D eigenvalue weighted by Gasteiger charge is 2.31. The molecule has 3 heterocycles. The second-order valence-electron chi connectivity index (χ2n) is 6.20. The topological polar surface area (TPSA) is 109 Å². The van der Waals surface area contributed by atoms with Crippen molar-refractivity contribution in [3.05, 3.63) is 59.8 Å². The van der Waals surface area contributed by atoms with Crippen LogP contribution in [0.3, 0.4) is 0 Å². The third-order valence-corrected chi connectivity index (χ3v) is 4.32. The van der Waals surface area contributed by atoms with Gasteiger partial charge < -0.3 is 10.5 Å². The molecule has 0 saturated carbocycles. The van der Waals surface area contributed by atoms with E-state index in [1.54, 1.807) is 12.1 Å². The van der Waals surface area contributed by atoms with Crippen molar-refractivity contribution in [2.24, 2.45) is 5.73 Å². The van der Waals surface area contributed by atoms with E-state index < -0.39 is 17.6 Å². The van der Waals surface area contributed by atoms with Gasteiger partial charge in [0.2, 0.25) is 11.8 Å². The second kappa shape index (κ2) is 7.10. The van der Waals surface area contributed by atoms with Gasteiger partial charge in [-0.05, 0) is 36.4 Å². The largest absolute Gasteiger partial charge is 0.480 e. The average molecular weight is 414 g/mol. The Hall–Kier alpha value is -4.02. The standard InChI is InChI=1S/C19H13F3N6O2/c1-30-16-7-6-15(26-27-16)28-14-5-3-11(19(20,21)22)8-13(14)25-18(28)12-4-2-10(9-24-12)17(23)29/h2-9H,1H3,(H2,23,29). The fraction of sp³-hybridized carbons (Fsp3) is 0.105. The van der Waals surface area contributed by atoms with Gasteiger partial charge in [-0.25, -0.2) is 4.98 Å². The molecule has 0 unspecified atom stereocenters. The summed E-state index contributed by atoms with van der Waals surface area (Å²) < 4.78 is 46.0. The zero-order valence-corrected chi connectivity index (χ0v) is 15.4. The quantitative estimate of drug-likeness (QED) is 0.550. The van der Waals surface area contributed by atoms with Gasteiger partial charge >= 0.3 is 6.18 Å². The number of carbonyl (C=O) groups excluding carboxylic acids is 1. The van der Waals surface area contributed by atoms with Crippen LogP contribution in [0.15, 0.2) is 48.7 Å². The number of ether oxygens (including phenoxy) is 1. The normalized spacial score (nSPS) is 11.6. The molecule has 4 aromatic rings. The van der Waals surface area contributed by atoms with Crippen molar-refractivity contribution < 1.29 is 22.7 Å². The molecule has 1 amide bonds. The number of nitrogens with two attached hydrogens (primary N) is 1. The molecule has 0 radical (unpaired) electrons. The summed E-state index contributed by atoms with van der Waals surface area (Å²) in [4.78, 5) is 19.8. The molecule has 2 N–H and O–H groups in total. The van der Waals surface area contributed by atoms with Crippen molar-refractivity contribution in [1.82, 2.24) is 24.7 Å². The van der Waals surface area contributed by atoms with E-state index in [-0.39, 0.29) is 22.8 Å². The highest BCUT2D eigenvalue weighted by molar-refractivity contribution is 5.92. The lowest BCUT2D eigenvalue weighted by atomic mass is 10.2. The van der Waals surface area contributed by atoms with E-state index in [1.807, 2.05) is 0 Å². The molecule has 0 aliphatic heterocycles. The van der Waals surface area contributed by atoms with Crippen LogP contribution in [-0.2, 0) is 6.18 Å². The number of primary amides is 1. The summed E-state index contributed by atoms with van der Waals surface area (Å²) in [6, 6.07) is 9.32. The van der Waals surface area contributed by atoms with Crippen LogP contribution < -0.4 is 10.5 Å². The van der Waals surface area contributed by atoms with Crippen molar-refractivity contribution in [2.75, 3.05) is 7.11 Å². The SMILES string of the molecule is COc1ccc(-n2c(-c3ccc(C(N)=O)cn3)nc3cc(C(F)(F)F)ccc32)nn1. The van der Waals surface area contributed by atoms with Crippen molar-refractivity contribution >= 4 is 16.9 Å². The van der Waals surface area contributed by atoms with Crippen LogP contribution in [0.2, 0.25) is 0 Å². The number of pyridine rings is 1. The van der Waals surface area contributed by atoms with E-state index in [4.69, 9.17) is 10.5 Å². The number of hydrogen-bond acceptors (Lipinski definition) is 6. The fourth-order valence-corrected chi connectivity index (χ4v) is 2.87. The third kappa shape index (κ3) is 3.41. The number of imidazole rings is 1. The molecule has 8 nitrogen and oxygen atoms in total. The molecule has 0 atom stereocenters. The molecule has 1 aromatic carbocycles. The number of carbonyl (C=O) groups is 1. The highest BCUT2D eigenvalue weighted by Crippen LogP contribution is 2.33. The van der Waals surface area contributed by atoms with E-state index in [0.717, 1.165) is 12.1 Å². The van der Waals surface area contributed by atoms with Crippen LogP contribution in [0, 0.1) is 0 Å². The smallest absolute Gasteiger partial charge is 0.416 e. The molecule has 11 heteroatoms. The summed E-state index contributed by atoms with van der Waals surface area (Å²) in [7, 11) is 1.44. The lowest BCUT2D eigenvalue weighted by molar-refractivity contribution is -0.137. The molecule has 0 spiro atoms. The van der Waals surface area contributed by atoms with Gasteiger partial charge in [0.05, 0.1) is 29.3 Å². The van der Waals surface area contributed by atoms with E-state index >= 15 is 0 Å². The molecular weight excluding hydrogens is 401 g/mol. The average Bonchev–Trinajstić information content (AvgIpc) is 3.12. The first-order valence-corrected chi connectivity index (χ1v) is 8.52. The molecule has 4 rings (SSSR count). The van der Waals surface area contributed by atoms with E-state index in [2.05, 4.69) is 20.2 Å². The first-order chi connectivity index (χ1) is 14.3. The lowest BCUT2D eigenvalue weighted by Gasteiger charge is -2.09. The zero-order valence-electron chi connectivity index (χ0n) is 15.4. The van der Waals surface area contributed by atoms with Crippen LogP contribution in [0.25, 0.3) is 28.4 Å². The summed E-state index contributed by atoms with van der Waals surface area (Å²) in [5.74, 6) is 0.139. The van der Waals surface area contributed by atoms with E-state index in [1.165, 1.54) is 36.1 Å². The molecule has 0 saturated heterocycles. The Kier molecular flexibility index (Phi) is 4.57. The summed E-state index contributed by atoms with van der Waals surface area (Å²) in [6.45, 7) is 0. The Morgan fingerprint density at radius 2 is 1.90 bits per heavy atom. The lowest BCUT2D eigenvalue weighted by Crippen LogP contribution is -2.11. The van der Waals surface area contributed by atoms with Gasteiger partial charge in [0.15, 0.2) is 11.6 Å². The summed E-state index contributed by atoms with van der Waals surface area (Å²) >= 11 is 0. The van der Waals surface area contributed by atoms with Gasteiger partial charge in [-0.15, -0.1) is 10.2 Å². The van der Waals surface area contributed by atoms with Crippen LogP contribution in [0.4, 0.5) is 13.2 Å². The third-order valence-electron chi connectivity index (χ3n) is 4.32. The molecular formula is C19H13F3N6O2. The molecule has 0 aliphatic rings. The van der Waals surface area contributed by atoms with Crippen molar-refractivity contribution in [3.8, 4) is 23.2 Å². The maximum Gasteiger partial charge on any atom is 0.416 e. The minimum absolute atomic E-state index is 0.0956. The summed E-state index contributed by atoms with van der Waals surface area (Å²) in [5.41, 5.74) is 5.37. The Labute approximate surface area is 167 Å². The molecule has 0 aliphatic carbocycles. The number of alkyl halides is 3. The monoisotopic (exact) mass is 414 g/mol. The van der Waals surface area contributed by atoms with Gasteiger partial charge in [-0.1, -0.05) is 0 Å². The van der Waals surface area contributed by atoms with Gasteiger partial charge in [0.25, 0.3) is 0 Å². The fourth-order valence-electron chi connectivity index (χ4n) is 2.87. The Bertz CT molecular complexity index is 1230. The first-order valence-electron chi connectivity index (χ1n) is 8.52. The Balaban J connectivity index is 1.95. The number of amides is 1. The molecule has 30 heavy (non-hydrogen) atoms. The molecule has 0 fully saturated rings. The summed E-state index contributed by atoms with van der Waals surface area (Å²) in [5, 5.41) is 7.98. The maximum atomic E-state index is 13.1.